The van der Waals surface area contributed by atoms with Gasteiger partial charge in [-0.2, -0.15) is 0 Å². The van der Waals surface area contributed by atoms with Crippen LogP contribution in [0.15, 0.2) is 0 Å². The molecule has 1 amide bonds. The summed E-state index contributed by atoms with van der Waals surface area (Å²) in [6.45, 7) is 0.167. The van der Waals surface area contributed by atoms with E-state index in [0.717, 1.165) is 6.42 Å². The lowest BCUT2D eigenvalue weighted by Crippen LogP contribution is -2.40. The van der Waals surface area contributed by atoms with E-state index in [0.29, 0.717) is 12.3 Å². The number of aliphatic hydroxyl groups is 1. The molecule has 0 spiro atoms. The van der Waals surface area contributed by atoms with Gasteiger partial charge in [0.25, 0.3) is 0 Å². The van der Waals surface area contributed by atoms with Gasteiger partial charge < -0.3 is 15.1 Å². The van der Waals surface area contributed by atoms with Crippen LogP contribution in [-0.2, 0) is 9.59 Å². The van der Waals surface area contributed by atoms with Gasteiger partial charge in [-0.3, -0.25) is 4.79 Å². The van der Waals surface area contributed by atoms with E-state index in [1.54, 1.807) is 0 Å². The molecule has 5 nitrogen and oxygen atoms in total. The van der Waals surface area contributed by atoms with Gasteiger partial charge in [0.15, 0.2) is 0 Å². The smallest absolute Gasteiger partial charge is 0.326 e. The number of rotatable bonds is 4. The summed E-state index contributed by atoms with van der Waals surface area (Å²) in [5.74, 6) is -0.503. The summed E-state index contributed by atoms with van der Waals surface area (Å²) in [4.78, 5) is 24.4. The number of carbonyl (C=O) groups is 2. The molecule has 1 aliphatic heterocycles. The number of hydrogen-bond acceptors (Lipinski definition) is 3. The van der Waals surface area contributed by atoms with E-state index >= 15 is 0 Å². The highest BCUT2D eigenvalue weighted by Gasteiger charge is 2.38. The van der Waals surface area contributed by atoms with Crippen LogP contribution < -0.4 is 0 Å². The topological polar surface area (TPSA) is 77.8 Å². The molecular weight excluding hydrogens is 234 g/mol. The van der Waals surface area contributed by atoms with E-state index in [1.807, 2.05) is 0 Å². The summed E-state index contributed by atoms with van der Waals surface area (Å²) in [7, 11) is 0. The first kappa shape index (κ1) is 13.3. The number of likely N-dealkylation sites (tertiary alicyclic amines) is 1. The third-order valence-electron chi connectivity index (χ3n) is 4.13. The fourth-order valence-corrected chi connectivity index (χ4v) is 3.09. The maximum absolute atomic E-state index is 12.0. The average molecular weight is 255 g/mol. The van der Waals surface area contributed by atoms with Crippen molar-refractivity contribution in [2.75, 3.05) is 6.54 Å². The molecule has 1 aliphatic carbocycles. The van der Waals surface area contributed by atoms with Crippen molar-refractivity contribution in [1.82, 2.24) is 4.90 Å². The zero-order valence-electron chi connectivity index (χ0n) is 10.5. The molecule has 0 aromatic carbocycles. The highest BCUT2D eigenvalue weighted by Crippen LogP contribution is 2.29. The lowest BCUT2D eigenvalue weighted by molar-refractivity contribution is -0.148. The molecule has 5 heteroatoms. The van der Waals surface area contributed by atoms with Crippen molar-refractivity contribution < 1.29 is 19.8 Å². The lowest BCUT2D eigenvalue weighted by atomic mass is 10.0. The molecule has 2 fully saturated rings. The van der Waals surface area contributed by atoms with Crippen LogP contribution in [0.4, 0.5) is 0 Å². The van der Waals surface area contributed by atoms with Crippen molar-refractivity contribution in [2.24, 2.45) is 5.92 Å². The van der Waals surface area contributed by atoms with Gasteiger partial charge in [0.1, 0.15) is 6.04 Å². The molecule has 0 aromatic rings. The number of carbonyl (C=O) groups excluding carboxylic acids is 1. The van der Waals surface area contributed by atoms with E-state index in [1.165, 1.54) is 30.6 Å². The fourth-order valence-electron chi connectivity index (χ4n) is 3.09. The molecule has 1 heterocycles. The Morgan fingerprint density at radius 3 is 2.50 bits per heavy atom. The van der Waals surface area contributed by atoms with Crippen molar-refractivity contribution in [2.45, 2.75) is 57.1 Å². The molecule has 2 aliphatic rings. The standard InChI is InChI=1S/C13H21NO4/c15-10-7-11(13(17)18)14(8-10)12(16)6-5-9-3-1-2-4-9/h9-11,15H,1-8H2,(H,17,18)/t10?,11-/m0/s1. The van der Waals surface area contributed by atoms with E-state index in [2.05, 4.69) is 0 Å². The fraction of sp³-hybridized carbons (Fsp3) is 0.846. The van der Waals surface area contributed by atoms with Crippen LogP contribution >= 0.6 is 0 Å². The number of β-amino-alcohol motifs (C(OH)–C–C–N with tert-alkyl or cyclic N) is 1. The summed E-state index contributed by atoms with van der Waals surface area (Å²) in [5.41, 5.74) is 0. The van der Waals surface area contributed by atoms with Crippen LogP contribution in [0, 0.1) is 5.92 Å². The van der Waals surface area contributed by atoms with E-state index in [-0.39, 0.29) is 18.9 Å². The van der Waals surface area contributed by atoms with Gasteiger partial charge in [0, 0.05) is 19.4 Å². The molecule has 2 atom stereocenters. The Kier molecular flexibility index (Phi) is 4.22. The van der Waals surface area contributed by atoms with Gasteiger partial charge in [-0.05, 0) is 12.3 Å². The predicted octanol–water partition coefficient (Wildman–Crippen LogP) is 1.00. The molecule has 1 saturated carbocycles. The molecular formula is C13H21NO4. The third-order valence-corrected chi connectivity index (χ3v) is 4.13. The first-order valence-electron chi connectivity index (χ1n) is 6.78. The van der Waals surface area contributed by atoms with E-state index in [9.17, 15) is 14.7 Å². The molecule has 102 valence electrons. The molecule has 2 N–H and O–H groups in total. The maximum Gasteiger partial charge on any atom is 0.326 e. The first-order valence-corrected chi connectivity index (χ1v) is 6.78. The molecule has 2 rings (SSSR count). The van der Waals surface area contributed by atoms with E-state index < -0.39 is 18.1 Å². The first-order chi connectivity index (χ1) is 8.58. The van der Waals surface area contributed by atoms with Crippen molar-refractivity contribution in [3.63, 3.8) is 0 Å². The Labute approximate surface area is 107 Å². The number of carboxylic acids is 1. The second-order valence-corrected chi connectivity index (χ2v) is 5.48. The predicted molar refractivity (Wildman–Crippen MR) is 65.0 cm³/mol. The molecule has 0 bridgehead atoms. The van der Waals surface area contributed by atoms with E-state index in [4.69, 9.17) is 5.11 Å². The Morgan fingerprint density at radius 1 is 1.22 bits per heavy atom. The van der Waals surface area contributed by atoms with Gasteiger partial charge in [0.2, 0.25) is 5.91 Å². The van der Waals surface area contributed by atoms with Gasteiger partial charge in [0.05, 0.1) is 6.10 Å². The summed E-state index contributed by atoms with van der Waals surface area (Å²) in [6.07, 6.45) is 5.62. The van der Waals surface area contributed by atoms with Crippen molar-refractivity contribution in [3.8, 4) is 0 Å². The minimum atomic E-state index is -1.01. The summed E-state index contributed by atoms with van der Waals surface area (Å²) in [6, 6.07) is -0.837. The minimum Gasteiger partial charge on any atom is -0.480 e. The van der Waals surface area contributed by atoms with Crippen molar-refractivity contribution >= 4 is 11.9 Å². The average Bonchev–Trinajstić information content (AvgIpc) is 2.94. The Bertz CT molecular complexity index is 325. The highest BCUT2D eigenvalue weighted by atomic mass is 16.4. The van der Waals surface area contributed by atoms with Gasteiger partial charge >= 0.3 is 5.97 Å². The second-order valence-electron chi connectivity index (χ2n) is 5.48. The summed E-state index contributed by atoms with van der Waals surface area (Å²) in [5, 5.41) is 18.5. The quantitative estimate of drug-likeness (QED) is 0.785. The van der Waals surface area contributed by atoms with Crippen LogP contribution in [0.5, 0.6) is 0 Å². The number of carboxylic acid groups (broad SMARTS) is 1. The largest absolute Gasteiger partial charge is 0.480 e. The van der Waals surface area contributed by atoms with Gasteiger partial charge in [-0.1, -0.05) is 25.7 Å². The number of aliphatic carboxylic acids is 1. The van der Waals surface area contributed by atoms with Crippen LogP contribution in [0.3, 0.4) is 0 Å². The van der Waals surface area contributed by atoms with Crippen LogP contribution in [0.25, 0.3) is 0 Å². The number of aliphatic hydroxyl groups excluding tert-OH is 1. The second kappa shape index (κ2) is 5.69. The lowest BCUT2D eigenvalue weighted by Gasteiger charge is -2.21. The molecule has 0 aromatic heterocycles. The third kappa shape index (κ3) is 3.02. The molecule has 1 unspecified atom stereocenters. The number of nitrogens with zero attached hydrogens (tertiary/aromatic N) is 1. The highest BCUT2D eigenvalue weighted by molar-refractivity contribution is 5.84. The van der Waals surface area contributed by atoms with Crippen LogP contribution in [0.1, 0.15) is 44.9 Å². The Morgan fingerprint density at radius 2 is 1.89 bits per heavy atom. The maximum atomic E-state index is 12.0. The molecule has 0 radical (unpaired) electrons. The zero-order valence-corrected chi connectivity index (χ0v) is 10.5. The summed E-state index contributed by atoms with van der Waals surface area (Å²) < 4.78 is 0. The summed E-state index contributed by atoms with van der Waals surface area (Å²) >= 11 is 0. The SMILES string of the molecule is O=C(O)[C@@H]1CC(O)CN1C(=O)CCC1CCCC1. The van der Waals surface area contributed by atoms with Crippen molar-refractivity contribution in [3.05, 3.63) is 0 Å². The van der Waals surface area contributed by atoms with Crippen LogP contribution in [0.2, 0.25) is 0 Å². The number of amides is 1. The normalized spacial score (nSPS) is 28.8. The van der Waals surface area contributed by atoms with Crippen LogP contribution in [-0.4, -0.2) is 45.7 Å². The zero-order chi connectivity index (χ0) is 13.1. The number of hydrogen-bond donors (Lipinski definition) is 2. The Balaban J connectivity index is 1.85. The van der Waals surface area contributed by atoms with Crippen molar-refractivity contribution in [1.29, 1.82) is 0 Å². The van der Waals surface area contributed by atoms with Gasteiger partial charge in [-0.15, -0.1) is 0 Å². The minimum absolute atomic E-state index is 0.120. The Hall–Kier alpha value is -1.10. The van der Waals surface area contributed by atoms with Gasteiger partial charge in [-0.25, -0.2) is 4.79 Å². The monoisotopic (exact) mass is 255 g/mol. The molecule has 18 heavy (non-hydrogen) atoms. The molecule has 1 saturated heterocycles.